The molecule has 1 aromatic rings. The van der Waals surface area contributed by atoms with Crippen LogP contribution in [0.1, 0.15) is 16.1 Å². The fraction of sp³-hybridized carbons (Fsp3) is 0.400. The van der Waals surface area contributed by atoms with Gasteiger partial charge in [-0.05, 0) is 13.1 Å². The van der Waals surface area contributed by atoms with Gasteiger partial charge < -0.3 is 9.73 Å². The predicted molar refractivity (Wildman–Crippen MR) is 60.8 cm³/mol. The molecule has 0 radical (unpaired) electrons. The van der Waals surface area contributed by atoms with Crippen molar-refractivity contribution in [2.24, 2.45) is 5.84 Å². The molecule has 0 atom stereocenters. The molecule has 0 spiro atoms. The van der Waals surface area contributed by atoms with Crippen LogP contribution in [0, 0.1) is 0 Å². The van der Waals surface area contributed by atoms with E-state index in [0.717, 1.165) is 0 Å². The van der Waals surface area contributed by atoms with Gasteiger partial charge in [-0.2, -0.15) is 0 Å². The monoisotopic (exact) mass is 240 g/mol. The van der Waals surface area contributed by atoms with Crippen molar-refractivity contribution in [2.75, 3.05) is 20.6 Å². The van der Waals surface area contributed by atoms with E-state index in [2.05, 4.69) is 5.32 Å². The van der Waals surface area contributed by atoms with Crippen molar-refractivity contribution >= 4 is 11.8 Å². The summed E-state index contributed by atoms with van der Waals surface area (Å²) >= 11 is 0. The van der Waals surface area contributed by atoms with Crippen LogP contribution in [0.3, 0.4) is 0 Å². The summed E-state index contributed by atoms with van der Waals surface area (Å²) in [6.07, 6.45) is 1.32. The SMILES string of the molecule is CNC(=O)CN(C)Cc1cc(C(=O)NN)co1. The van der Waals surface area contributed by atoms with E-state index in [9.17, 15) is 9.59 Å². The lowest BCUT2D eigenvalue weighted by atomic mass is 10.3. The lowest BCUT2D eigenvalue weighted by Gasteiger charge is -2.13. The maximum absolute atomic E-state index is 11.2. The topological polar surface area (TPSA) is 101 Å². The highest BCUT2D eigenvalue weighted by atomic mass is 16.3. The summed E-state index contributed by atoms with van der Waals surface area (Å²) in [5.74, 6) is 5.09. The number of nitrogen functional groups attached to an aromatic ring is 1. The molecule has 2 amide bonds. The second-order valence-corrected chi connectivity index (χ2v) is 3.62. The summed E-state index contributed by atoms with van der Waals surface area (Å²) in [7, 11) is 3.35. The van der Waals surface area contributed by atoms with Gasteiger partial charge in [-0.15, -0.1) is 0 Å². The first-order chi connectivity index (χ1) is 8.06. The molecule has 0 aromatic carbocycles. The molecule has 1 heterocycles. The normalized spacial score (nSPS) is 10.4. The summed E-state index contributed by atoms with van der Waals surface area (Å²) in [5.41, 5.74) is 2.37. The van der Waals surface area contributed by atoms with Gasteiger partial charge in [-0.3, -0.25) is 19.9 Å². The smallest absolute Gasteiger partial charge is 0.268 e. The number of amides is 2. The Labute approximate surface area is 98.9 Å². The maximum Gasteiger partial charge on any atom is 0.268 e. The number of carbonyl (C=O) groups excluding carboxylic acids is 2. The summed E-state index contributed by atoms with van der Waals surface area (Å²) in [5, 5.41) is 2.52. The third-order valence-corrected chi connectivity index (χ3v) is 2.17. The average molecular weight is 240 g/mol. The van der Waals surface area contributed by atoms with Crippen molar-refractivity contribution in [3.05, 3.63) is 23.7 Å². The first kappa shape index (κ1) is 13.2. The Kier molecular flexibility index (Phi) is 4.68. The van der Waals surface area contributed by atoms with Crippen LogP contribution in [0.5, 0.6) is 0 Å². The minimum absolute atomic E-state index is 0.0843. The van der Waals surface area contributed by atoms with Gasteiger partial charge in [0, 0.05) is 7.05 Å². The molecule has 4 N–H and O–H groups in total. The lowest BCUT2D eigenvalue weighted by Crippen LogP contribution is -2.32. The van der Waals surface area contributed by atoms with E-state index in [4.69, 9.17) is 10.3 Å². The van der Waals surface area contributed by atoms with Gasteiger partial charge in [0.1, 0.15) is 12.0 Å². The molecule has 0 bridgehead atoms. The second kappa shape index (κ2) is 6.02. The van der Waals surface area contributed by atoms with Crippen LogP contribution < -0.4 is 16.6 Å². The van der Waals surface area contributed by atoms with Gasteiger partial charge in [0.25, 0.3) is 5.91 Å². The molecular weight excluding hydrogens is 224 g/mol. The molecule has 1 aromatic heterocycles. The molecule has 1 rings (SSSR count). The van der Waals surface area contributed by atoms with E-state index >= 15 is 0 Å². The van der Waals surface area contributed by atoms with E-state index < -0.39 is 5.91 Å². The highest BCUT2D eigenvalue weighted by molar-refractivity contribution is 5.93. The van der Waals surface area contributed by atoms with Crippen LogP contribution in [-0.4, -0.2) is 37.4 Å². The van der Waals surface area contributed by atoms with Crippen molar-refractivity contribution in [3.63, 3.8) is 0 Å². The molecule has 7 nitrogen and oxygen atoms in total. The quantitative estimate of drug-likeness (QED) is 0.350. The number of hydrazine groups is 1. The highest BCUT2D eigenvalue weighted by Crippen LogP contribution is 2.09. The van der Waals surface area contributed by atoms with Crippen LogP contribution in [0.15, 0.2) is 16.7 Å². The standard InChI is InChI=1S/C10H16N4O3/c1-12-9(15)5-14(2)4-8-3-7(6-17-8)10(16)13-11/h3,6H,4-5,11H2,1-2H3,(H,12,15)(H,13,16). The van der Waals surface area contributed by atoms with Gasteiger partial charge in [-0.25, -0.2) is 5.84 Å². The number of hydrogen-bond acceptors (Lipinski definition) is 5. The largest absolute Gasteiger partial charge is 0.467 e. The molecule has 0 aliphatic heterocycles. The third-order valence-electron chi connectivity index (χ3n) is 2.17. The highest BCUT2D eigenvalue weighted by Gasteiger charge is 2.11. The summed E-state index contributed by atoms with van der Waals surface area (Å²) in [4.78, 5) is 24.0. The number of nitrogens with two attached hydrogens (primary N) is 1. The van der Waals surface area contributed by atoms with Gasteiger partial charge in [0.15, 0.2) is 0 Å². The minimum Gasteiger partial charge on any atom is -0.467 e. The van der Waals surface area contributed by atoms with E-state index in [1.165, 1.54) is 6.26 Å². The van der Waals surface area contributed by atoms with Crippen LogP contribution in [0.25, 0.3) is 0 Å². The van der Waals surface area contributed by atoms with Crippen molar-refractivity contribution in [1.29, 1.82) is 0 Å². The predicted octanol–water partition coefficient (Wildman–Crippen LogP) is -0.939. The fourth-order valence-corrected chi connectivity index (χ4v) is 1.31. The Morgan fingerprint density at radius 2 is 2.24 bits per heavy atom. The number of rotatable bonds is 5. The number of furan rings is 1. The molecule has 7 heteroatoms. The van der Waals surface area contributed by atoms with E-state index in [1.54, 1.807) is 25.1 Å². The molecule has 0 unspecified atom stereocenters. The van der Waals surface area contributed by atoms with Crippen LogP contribution >= 0.6 is 0 Å². The van der Waals surface area contributed by atoms with Crippen LogP contribution in [0.2, 0.25) is 0 Å². The van der Waals surface area contributed by atoms with Crippen molar-refractivity contribution in [1.82, 2.24) is 15.6 Å². The number of hydrogen-bond donors (Lipinski definition) is 3. The van der Waals surface area contributed by atoms with E-state index in [0.29, 0.717) is 17.9 Å². The van der Waals surface area contributed by atoms with Crippen molar-refractivity contribution in [2.45, 2.75) is 6.54 Å². The molecule has 0 fully saturated rings. The van der Waals surface area contributed by atoms with Gasteiger partial charge >= 0.3 is 0 Å². The zero-order valence-electron chi connectivity index (χ0n) is 9.82. The first-order valence-electron chi connectivity index (χ1n) is 5.04. The Morgan fingerprint density at radius 3 is 2.82 bits per heavy atom. The molecule has 0 aliphatic rings. The Hall–Kier alpha value is -1.86. The van der Waals surface area contributed by atoms with Gasteiger partial charge in [0.2, 0.25) is 5.91 Å². The molecule has 0 saturated carbocycles. The second-order valence-electron chi connectivity index (χ2n) is 3.62. The Bertz CT molecular complexity index is 402. The lowest BCUT2D eigenvalue weighted by molar-refractivity contribution is -0.121. The molecule has 17 heavy (non-hydrogen) atoms. The average Bonchev–Trinajstić information content (AvgIpc) is 2.76. The zero-order chi connectivity index (χ0) is 12.8. The molecular formula is C10H16N4O3. The van der Waals surface area contributed by atoms with Gasteiger partial charge in [-0.1, -0.05) is 0 Å². The van der Waals surface area contributed by atoms with Gasteiger partial charge in [0.05, 0.1) is 18.7 Å². The summed E-state index contributed by atoms with van der Waals surface area (Å²) in [6, 6.07) is 1.59. The summed E-state index contributed by atoms with van der Waals surface area (Å²) in [6.45, 7) is 0.695. The number of nitrogens with zero attached hydrogens (tertiary/aromatic N) is 1. The number of likely N-dealkylation sites (N-methyl/N-ethyl adjacent to an activating group) is 2. The minimum atomic E-state index is -0.408. The Balaban J connectivity index is 2.54. The van der Waals surface area contributed by atoms with Crippen LogP contribution in [0.4, 0.5) is 0 Å². The van der Waals surface area contributed by atoms with Crippen molar-refractivity contribution in [3.8, 4) is 0 Å². The molecule has 0 saturated heterocycles. The first-order valence-corrected chi connectivity index (χ1v) is 5.04. The molecule has 0 aliphatic carbocycles. The number of nitrogens with one attached hydrogen (secondary N) is 2. The van der Waals surface area contributed by atoms with Crippen molar-refractivity contribution < 1.29 is 14.0 Å². The summed E-state index contributed by atoms with van der Waals surface area (Å²) < 4.78 is 5.18. The molecule has 94 valence electrons. The zero-order valence-corrected chi connectivity index (χ0v) is 9.82. The Morgan fingerprint density at radius 1 is 1.53 bits per heavy atom. The fourth-order valence-electron chi connectivity index (χ4n) is 1.31. The third kappa shape index (κ3) is 3.89. The maximum atomic E-state index is 11.2. The van der Waals surface area contributed by atoms with Crippen LogP contribution in [-0.2, 0) is 11.3 Å². The number of carbonyl (C=O) groups is 2. The van der Waals surface area contributed by atoms with E-state index in [1.807, 2.05) is 5.43 Å². The van der Waals surface area contributed by atoms with E-state index in [-0.39, 0.29) is 12.5 Å².